The van der Waals surface area contributed by atoms with Gasteiger partial charge in [0, 0.05) is 13.2 Å². The molecular weight excluding hydrogens is 198 g/mol. The normalized spacial score (nSPS) is 35.4. The molecule has 0 aromatic carbocycles. The molecule has 0 aromatic rings. The lowest BCUT2D eigenvalue weighted by molar-refractivity contribution is 0.184. The summed E-state index contributed by atoms with van der Waals surface area (Å²) in [7, 11) is 0. The summed E-state index contributed by atoms with van der Waals surface area (Å²) in [5.74, 6) is 2.74. The van der Waals surface area contributed by atoms with Gasteiger partial charge in [0.1, 0.15) is 0 Å². The maximum Gasteiger partial charge on any atom is 0.0495 e. The second kappa shape index (κ2) is 6.61. The molecule has 0 spiro atoms. The molecule has 2 nitrogen and oxygen atoms in total. The predicted octanol–water partition coefficient (Wildman–Crippen LogP) is 2.83. The van der Waals surface area contributed by atoms with Crippen LogP contribution in [-0.2, 0) is 4.74 Å². The van der Waals surface area contributed by atoms with Crippen LogP contribution in [0.5, 0.6) is 0 Å². The SMILES string of the molecule is CC1CCCC(CNCCC2CCOC2)C1. The summed E-state index contributed by atoms with van der Waals surface area (Å²) in [6.45, 7) is 6.84. The molecule has 2 heteroatoms. The summed E-state index contributed by atoms with van der Waals surface area (Å²) >= 11 is 0. The zero-order valence-corrected chi connectivity index (χ0v) is 10.7. The fourth-order valence-electron chi connectivity index (χ4n) is 3.17. The fraction of sp³-hybridized carbons (Fsp3) is 1.00. The van der Waals surface area contributed by atoms with Crippen molar-refractivity contribution in [2.45, 2.75) is 45.4 Å². The molecule has 2 aliphatic rings. The lowest BCUT2D eigenvalue weighted by Crippen LogP contribution is -2.28. The van der Waals surface area contributed by atoms with Gasteiger partial charge in [0.2, 0.25) is 0 Å². The quantitative estimate of drug-likeness (QED) is 0.726. The Balaban J connectivity index is 1.50. The minimum absolute atomic E-state index is 0.831. The van der Waals surface area contributed by atoms with Crippen LogP contribution in [0.3, 0.4) is 0 Å². The highest BCUT2D eigenvalue weighted by molar-refractivity contribution is 4.73. The first-order valence-corrected chi connectivity index (χ1v) is 7.13. The summed E-state index contributed by atoms with van der Waals surface area (Å²) in [6, 6.07) is 0. The first-order chi connectivity index (χ1) is 7.84. The van der Waals surface area contributed by atoms with Crippen molar-refractivity contribution >= 4 is 0 Å². The molecule has 1 N–H and O–H groups in total. The van der Waals surface area contributed by atoms with Crippen molar-refractivity contribution in [3.05, 3.63) is 0 Å². The van der Waals surface area contributed by atoms with Crippen LogP contribution < -0.4 is 5.32 Å². The van der Waals surface area contributed by atoms with Gasteiger partial charge in [-0.2, -0.15) is 0 Å². The minimum atomic E-state index is 0.831. The van der Waals surface area contributed by atoms with Crippen molar-refractivity contribution in [3.63, 3.8) is 0 Å². The molecule has 16 heavy (non-hydrogen) atoms. The van der Waals surface area contributed by atoms with Crippen molar-refractivity contribution in [1.82, 2.24) is 5.32 Å². The van der Waals surface area contributed by atoms with E-state index >= 15 is 0 Å². The molecule has 1 aliphatic carbocycles. The first-order valence-electron chi connectivity index (χ1n) is 7.13. The highest BCUT2D eigenvalue weighted by Gasteiger charge is 2.19. The summed E-state index contributed by atoms with van der Waals surface area (Å²) in [6.07, 6.45) is 8.38. The van der Waals surface area contributed by atoms with Crippen molar-refractivity contribution in [2.75, 3.05) is 26.3 Å². The molecule has 1 aliphatic heterocycles. The van der Waals surface area contributed by atoms with Crippen LogP contribution in [0.25, 0.3) is 0 Å². The lowest BCUT2D eigenvalue weighted by Gasteiger charge is -2.27. The summed E-state index contributed by atoms with van der Waals surface area (Å²) in [4.78, 5) is 0. The van der Waals surface area contributed by atoms with Crippen molar-refractivity contribution in [2.24, 2.45) is 17.8 Å². The second-order valence-electron chi connectivity index (χ2n) is 5.86. The molecule has 0 amide bonds. The smallest absolute Gasteiger partial charge is 0.0495 e. The molecule has 1 saturated heterocycles. The van der Waals surface area contributed by atoms with Crippen molar-refractivity contribution < 1.29 is 4.74 Å². The molecule has 1 saturated carbocycles. The van der Waals surface area contributed by atoms with Crippen molar-refractivity contribution in [3.8, 4) is 0 Å². The number of rotatable bonds is 5. The molecule has 0 bridgehead atoms. The van der Waals surface area contributed by atoms with Gasteiger partial charge < -0.3 is 10.1 Å². The maximum atomic E-state index is 5.39. The number of ether oxygens (including phenoxy) is 1. The van der Waals surface area contributed by atoms with E-state index in [1.165, 1.54) is 51.6 Å². The molecule has 0 radical (unpaired) electrons. The minimum Gasteiger partial charge on any atom is -0.381 e. The van der Waals surface area contributed by atoms with Gasteiger partial charge in [0.25, 0.3) is 0 Å². The Kier molecular flexibility index (Phi) is 5.11. The fourth-order valence-corrected chi connectivity index (χ4v) is 3.17. The topological polar surface area (TPSA) is 21.3 Å². The highest BCUT2D eigenvalue weighted by Crippen LogP contribution is 2.27. The van der Waals surface area contributed by atoms with Gasteiger partial charge in [-0.3, -0.25) is 0 Å². The van der Waals surface area contributed by atoms with Gasteiger partial charge in [0.05, 0.1) is 0 Å². The summed E-state index contributed by atoms with van der Waals surface area (Å²) in [5.41, 5.74) is 0. The number of nitrogens with one attached hydrogen (secondary N) is 1. The zero-order valence-electron chi connectivity index (χ0n) is 10.7. The third-order valence-corrected chi connectivity index (χ3v) is 4.23. The summed E-state index contributed by atoms with van der Waals surface area (Å²) in [5, 5.41) is 3.65. The Hall–Kier alpha value is -0.0800. The van der Waals surface area contributed by atoms with Gasteiger partial charge in [-0.05, 0) is 56.5 Å². The molecule has 3 unspecified atom stereocenters. The van der Waals surface area contributed by atoms with Gasteiger partial charge >= 0.3 is 0 Å². The Morgan fingerprint density at radius 2 is 2.12 bits per heavy atom. The van der Waals surface area contributed by atoms with Gasteiger partial charge in [-0.1, -0.05) is 19.8 Å². The van der Waals surface area contributed by atoms with Crippen LogP contribution in [-0.4, -0.2) is 26.3 Å². The number of hydrogen-bond acceptors (Lipinski definition) is 2. The van der Waals surface area contributed by atoms with Crippen molar-refractivity contribution in [1.29, 1.82) is 0 Å². The van der Waals surface area contributed by atoms with E-state index in [1.807, 2.05) is 0 Å². The van der Waals surface area contributed by atoms with Crippen LogP contribution in [0.2, 0.25) is 0 Å². The van der Waals surface area contributed by atoms with E-state index in [1.54, 1.807) is 0 Å². The Morgan fingerprint density at radius 3 is 2.88 bits per heavy atom. The molecule has 2 rings (SSSR count). The third kappa shape index (κ3) is 4.06. The Labute approximate surface area is 100 Å². The molecule has 0 aromatic heterocycles. The van der Waals surface area contributed by atoms with Crippen LogP contribution in [0, 0.1) is 17.8 Å². The molecule has 2 fully saturated rings. The lowest BCUT2D eigenvalue weighted by atomic mass is 9.82. The standard InChI is InChI=1S/C14H27NO/c1-12-3-2-4-14(9-12)10-15-7-5-13-6-8-16-11-13/h12-15H,2-11H2,1H3. The average molecular weight is 225 g/mol. The van der Waals surface area contributed by atoms with Gasteiger partial charge in [0.15, 0.2) is 0 Å². The molecule has 94 valence electrons. The van der Waals surface area contributed by atoms with Crippen LogP contribution in [0.1, 0.15) is 45.4 Å². The molecule has 3 atom stereocenters. The van der Waals surface area contributed by atoms with E-state index in [-0.39, 0.29) is 0 Å². The number of hydrogen-bond donors (Lipinski definition) is 1. The van der Waals surface area contributed by atoms with Gasteiger partial charge in [-0.15, -0.1) is 0 Å². The van der Waals surface area contributed by atoms with E-state index in [9.17, 15) is 0 Å². The average Bonchev–Trinajstić information content (AvgIpc) is 2.77. The molecule has 1 heterocycles. The van der Waals surface area contributed by atoms with E-state index in [0.717, 1.165) is 31.0 Å². The Bertz CT molecular complexity index is 189. The largest absolute Gasteiger partial charge is 0.381 e. The van der Waals surface area contributed by atoms with Crippen LogP contribution in [0.15, 0.2) is 0 Å². The third-order valence-electron chi connectivity index (χ3n) is 4.23. The van der Waals surface area contributed by atoms with E-state index in [2.05, 4.69) is 12.2 Å². The predicted molar refractivity (Wildman–Crippen MR) is 67.5 cm³/mol. The van der Waals surface area contributed by atoms with E-state index in [0.29, 0.717) is 0 Å². The monoisotopic (exact) mass is 225 g/mol. The second-order valence-corrected chi connectivity index (χ2v) is 5.86. The van der Waals surface area contributed by atoms with E-state index < -0.39 is 0 Å². The maximum absolute atomic E-state index is 5.39. The first kappa shape index (κ1) is 12.4. The Morgan fingerprint density at radius 1 is 1.19 bits per heavy atom. The zero-order chi connectivity index (χ0) is 11.2. The highest BCUT2D eigenvalue weighted by atomic mass is 16.5. The van der Waals surface area contributed by atoms with Crippen LogP contribution >= 0.6 is 0 Å². The summed E-state index contributed by atoms with van der Waals surface area (Å²) < 4.78 is 5.39. The van der Waals surface area contributed by atoms with E-state index in [4.69, 9.17) is 4.74 Å². The van der Waals surface area contributed by atoms with Crippen LogP contribution in [0.4, 0.5) is 0 Å². The molecular formula is C14H27NO. The van der Waals surface area contributed by atoms with Gasteiger partial charge in [-0.25, -0.2) is 0 Å².